The van der Waals surface area contributed by atoms with Crippen LogP contribution in [0.4, 0.5) is 4.39 Å². The Bertz CT molecular complexity index is 796. The lowest BCUT2D eigenvalue weighted by molar-refractivity contribution is 0.365. The van der Waals surface area contributed by atoms with Crippen molar-refractivity contribution in [3.8, 4) is 11.4 Å². The Morgan fingerprint density at radius 3 is 2.38 bits per heavy atom. The van der Waals surface area contributed by atoms with E-state index < -0.39 is 26.5 Å². The molecule has 21 heavy (non-hydrogen) atoms. The summed E-state index contributed by atoms with van der Waals surface area (Å²) in [6, 6.07) is 4.41. The standard InChI is InChI=1S/C12H14BrFN4O2S/c1-12(2,3)18-10(16-17-11(18)21(15,19)20)8-5-4-7(13)6-9(8)14/h4-6H,1-3H3,(H2,15,19,20). The number of nitrogens with zero attached hydrogens (tertiary/aromatic N) is 3. The zero-order valence-corrected chi connectivity index (χ0v) is 14.0. The highest BCUT2D eigenvalue weighted by Gasteiger charge is 2.30. The number of hydrogen-bond donors (Lipinski definition) is 1. The van der Waals surface area contributed by atoms with Crippen LogP contribution < -0.4 is 5.14 Å². The third-order valence-electron chi connectivity index (χ3n) is 2.73. The van der Waals surface area contributed by atoms with Gasteiger partial charge in [0.1, 0.15) is 5.82 Å². The van der Waals surface area contributed by atoms with E-state index in [1.807, 2.05) is 0 Å². The van der Waals surface area contributed by atoms with Crippen LogP contribution in [0.25, 0.3) is 11.4 Å². The summed E-state index contributed by atoms with van der Waals surface area (Å²) >= 11 is 3.17. The molecule has 6 nitrogen and oxygen atoms in total. The summed E-state index contributed by atoms with van der Waals surface area (Å²) < 4.78 is 39.3. The van der Waals surface area contributed by atoms with Crippen molar-refractivity contribution in [2.75, 3.05) is 0 Å². The molecule has 0 bridgehead atoms. The van der Waals surface area contributed by atoms with Gasteiger partial charge in [0.2, 0.25) is 0 Å². The Morgan fingerprint density at radius 1 is 1.29 bits per heavy atom. The van der Waals surface area contributed by atoms with Gasteiger partial charge >= 0.3 is 0 Å². The molecule has 0 atom stereocenters. The van der Waals surface area contributed by atoms with Crippen LogP contribution in [-0.2, 0) is 15.6 Å². The van der Waals surface area contributed by atoms with Crippen LogP contribution in [0, 0.1) is 5.82 Å². The number of hydrogen-bond acceptors (Lipinski definition) is 4. The van der Waals surface area contributed by atoms with Gasteiger partial charge in [0.05, 0.1) is 5.56 Å². The van der Waals surface area contributed by atoms with Crippen molar-refractivity contribution in [2.45, 2.75) is 31.5 Å². The fourth-order valence-electron chi connectivity index (χ4n) is 1.90. The summed E-state index contributed by atoms with van der Waals surface area (Å²) in [5.41, 5.74) is -0.546. The first-order valence-corrected chi connectivity index (χ1v) is 8.30. The number of rotatable bonds is 2. The van der Waals surface area contributed by atoms with E-state index in [9.17, 15) is 12.8 Å². The molecule has 0 fully saturated rings. The highest BCUT2D eigenvalue weighted by atomic mass is 79.9. The molecule has 2 N–H and O–H groups in total. The number of halogens is 2. The third-order valence-corrected chi connectivity index (χ3v) is 4.00. The molecule has 0 saturated carbocycles. The first kappa shape index (κ1) is 16.1. The van der Waals surface area contributed by atoms with Gasteiger partial charge in [0.25, 0.3) is 15.2 Å². The summed E-state index contributed by atoms with van der Waals surface area (Å²) in [7, 11) is -4.07. The van der Waals surface area contributed by atoms with Crippen LogP contribution in [0.3, 0.4) is 0 Å². The van der Waals surface area contributed by atoms with Crippen LogP contribution in [-0.4, -0.2) is 23.2 Å². The van der Waals surface area contributed by atoms with Crippen molar-refractivity contribution >= 4 is 26.0 Å². The lowest BCUT2D eigenvalue weighted by atomic mass is 10.1. The van der Waals surface area contributed by atoms with Gasteiger partial charge in [-0.15, -0.1) is 10.2 Å². The van der Waals surface area contributed by atoms with E-state index >= 15 is 0 Å². The molecule has 2 rings (SSSR count). The number of nitrogens with two attached hydrogens (primary N) is 1. The van der Waals surface area contributed by atoms with Gasteiger partial charge in [-0.25, -0.2) is 17.9 Å². The molecule has 1 heterocycles. The Morgan fingerprint density at radius 2 is 1.90 bits per heavy atom. The minimum absolute atomic E-state index is 0.108. The summed E-state index contributed by atoms with van der Waals surface area (Å²) in [6.45, 7) is 5.27. The minimum atomic E-state index is -4.07. The van der Waals surface area contributed by atoms with Crippen molar-refractivity contribution in [1.29, 1.82) is 0 Å². The van der Waals surface area contributed by atoms with Gasteiger partial charge in [0, 0.05) is 10.0 Å². The van der Waals surface area contributed by atoms with Gasteiger partial charge in [-0.1, -0.05) is 15.9 Å². The summed E-state index contributed by atoms with van der Waals surface area (Å²) in [5.74, 6) is -0.431. The van der Waals surface area contributed by atoms with Gasteiger partial charge in [-0.05, 0) is 39.0 Å². The maximum absolute atomic E-state index is 14.1. The van der Waals surface area contributed by atoms with Crippen molar-refractivity contribution in [2.24, 2.45) is 5.14 Å². The van der Waals surface area contributed by atoms with Crippen molar-refractivity contribution in [3.63, 3.8) is 0 Å². The van der Waals surface area contributed by atoms with E-state index in [2.05, 4.69) is 26.1 Å². The van der Waals surface area contributed by atoms with E-state index in [1.54, 1.807) is 26.8 Å². The van der Waals surface area contributed by atoms with E-state index in [0.29, 0.717) is 4.47 Å². The summed E-state index contributed by atoms with van der Waals surface area (Å²) in [4.78, 5) is 0. The van der Waals surface area contributed by atoms with E-state index in [1.165, 1.54) is 16.7 Å². The van der Waals surface area contributed by atoms with Gasteiger partial charge in [-0.2, -0.15) is 0 Å². The maximum atomic E-state index is 14.1. The zero-order valence-electron chi connectivity index (χ0n) is 11.6. The average Bonchev–Trinajstić information content (AvgIpc) is 2.72. The smallest absolute Gasteiger partial charge is 0.273 e. The molecule has 0 unspecified atom stereocenters. The summed E-state index contributed by atoms with van der Waals surface area (Å²) in [6.07, 6.45) is 0. The molecule has 0 amide bonds. The second kappa shape index (κ2) is 5.15. The summed E-state index contributed by atoms with van der Waals surface area (Å²) in [5, 5.41) is 12.2. The highest BCUT2D eigenvalue weighted by molar-refractivity contribution is 9.10. The first-order valence-electron chi connectivity index (χ1n) is 5.96. The maximum Gasteiger partial charge on any atom is 0.273 e. The van der Waals surface area contributed by atoms with Crippen LogP contribution in [0.15, 0.2) is 27.8 Å². The number of aromatic nitrogens is 3. The highest BCUT2D eigenvalue weighted by Crippen LogP contribution is 2.30. The normalized spacial score (nSPS) is 12.7. The predicted octanol–water partition coefficient (Wildman–Crippen LogP) is 2.25. The fraction of sp³-hybridized carbons (Fsp3) is 0.333. The predicted molar refractivity (Wildman–Crippen MR) is 79.5 cm³/mol. The van der Waals surface area contributed by atoms with E-state index in [4.69, 9.17) is 5.14 Å². The monoisotopic (exact) mass is 376 g/mol. The second-order valence-electron chi connectivity index (χ2n) is 5.48. The molecular formula is C12H14BrFN4O2S. The van der Waals surface area contributed by atoms with Crippen molar-refractivity contribution in [1.82, 2.24) is 14.8 Å². The second-order valence-corrected chi connectivity index (χ2v) is 7.85. The molecular weight excluding hydrogens is 363 g/mol. The van der Waals surface area contributed by atoms with Crippen LogP contribution in [0.1, 0.15) is 20.8 Å². The minimum Gasteiger partial charge on any atom is -0.291 e. The first-order chi connectivity index (χ1) is 9.51. The molecule has 1 aromatic heterocycles. The number of benzene rings is 1. The van der Waals surface area contributed by atoms with Crippen molar-refractivity contribution < 1.29 is 12.8 Å². The number of primary sulfonamides is 1. The van der Waals surface area contributed by atoms with Crippen LogP contribution >= 0.6 is 15.9 Å². The quantitative estimate of drug-likeness (QED) is 0.869. The zero-order chi connectivity index (χ0) is 16.0. The lowest BCUT2D eigenvalue weighted by Crippen LogP contribution is -2.29. The molecule has 0 aliphatic carbocycles. The van der Waals surface area contributed by atoms with Gasteiger partial charge in [-0.3, -0.25) is 4.57 Å². The Labute approximate surface area is 130 Å². The molecule has 1 aromatic carbocycles. The molecule has 0 spiro atoms. The van der Waals surface area contributed by atoms with E-state index in [-0.39, 0.29) is 11.4 Å². The average molecular weight is 377 g/mol. The van der Waals surface area contributed by atoms with E-state index in [0.717, 1.165) is 0 Å². The Kier molecular flexibility index (Phi) is 3.94. The Hall–Kier alpha value is -1.32. The van der Waals surface area contributed by atoms with Crippen molar-refractivity contribution in [3.05, 3.63) is 28.5 Å². The van der Waals surface area contributed by atoms with Gasteiger partial charge < -0.3 is 0 Å². The van der Waals surface area contributed by atoms with Crippen LogP contribution in [0.5, 0.6) is 0 Å². The molecule has 9 heteroatoms. The Balaban J connectivity index is 2.80. The SMILES string of the molecule is CC(C)(C)n1c(-c2ccc(Br)cc2F)nnc1S(N)(=O)=O. The molecule has 0 aliphatic rings. The molecule has 0 radical (unpaired) electrons. The van der Waals surface area contributed by atoms with Gasteiger partial charge in [0.15, 0.2) is 5.82 Å². The lowest BCUT2D eigenvalue weighted by Gasteiger charge is -2.24. The molecule has 2 aromatic rings. The largest absolute Gasteiger partial charge is 0.291 e. The molecule has 0 saturated heterocycles. The van der Waals surface area contributed by atoms with Crippen LogP contribution in [0.2, 0.25) is 0 Å². The molecule has 0 aliphatic heterocycles. The molecule has 114 valence electrons. The number of sulfonamides is 1. The third kappa shape index (κ3) is 3.14. The fourth-order valence-corrected chi connectivity index (χ4v) is 3.01. The topological polar surface area (TPSA) is 90.9 Å².